The van der Waals surface area contributed by atoms with Gasteiger partial charge in [0.1, 0.15) is 11.0 Å². The monoisotopic (exact) mass is 318 g/mol. The van der Waals surface area contributed by atoms with Crippen molar-refractivity contribution < 1.29 is 4.39 Å². The topological polar surface area (TPSA) is 24.9 Å². The summed E-state index contributed by atoms with van der Waals surface area (Å²) >= 11 is 17.5. The van der Waals surface area contributed by atoms with Gasteiger partial charge < -0.3 is 5.32 Å². The second-order valence-corrected chi connectivity index (χ2v) is 5.22. The number of nitrogens with zero attached hydrogens (tertiary/aromatic N) is 1. The highest BCUT2D eigenvalue weighted by molar-refractivity contribution is 6.35. The summed E-state index contributed by atoms with van der Waals surface area (Å²) in [6.45, 7) is 1.86. The van der Waals surface area contributed by atoms with Crippen LogP contribution in [0.2, 0.25) is 15.2 Å². The summed E-state index contributed by atoms with van der Waals surface area (Å²) in [7, 11) is 0. The van der Waals surface area contributed by atoms with Gasteiger partial charge in [0.15, 0.2) is 0 Å². The predicted molar refractivity (Wildman–Crippen MR) is 77.7 cm³/mol. The van der Waals surface area contributed by atoms with Gasteiger partial charge in [-0.1, -0.05) is 34.8 Å². The van der Waals surface area contributed by atoms with Gasteiger partial charge in [-0.15, -0.1) is 0 Å². The molecule has 1 N–H and O–H groups in total. The Hall–Kier alpha value is -1.03. The first-order valence-electron chi connectivity index (χ1n) is 5.50. The molecule has 100 valence electrons. The van der Waals surface area contributed by atoms with Gasteiger partial charge in [-0.05, 0) is 36.8 Å². The van der Waals surface area contributed by atoms with Crippen LogP contribution < -0.4 is 5.32 Å². The Morgan fingerprint density at radius 3 is 2.58 bits per heavy atom. The molecule has 0 saturated carbocycles. The van der Waals surface area contributed by atoms with Crippen LogP contribution in [0.25, 0.3) is 0 Å². The van der Waals surface area contributed by atoms with E-state index in [-0.39, 0.29) is 11.1 Å². The molecule has 6 heteroatoms. The van der Waals surface area contributed by atoms with Gasteiger partial charge in [0.05, 0.1) is 11.1 Å². The molecule has 0 aliphatic carbocycles. The van der Waals surface area contributed by atoms with Gasteiger partial charge in [-0.3, -0.25) is 0 Å². The lowest BCUT2D eigenvalue weighted by Gasteiger charge is -2.17. The molecule has 0 bridgehead atoms. The SMILES string of the molecule is CC(Nc1ccnc(Cl)c1)c1cc(F)c(Cl)cc1Cl. The third-order valence-electron chi connectivity index (χ3n) is 2.62. The summed E-state index contributed by atoms with van der Waals surface area (Å²) in [5.74, 6) is -0.498. The summed E-state index contributed by atoms with van der Waals surface area (Å²) in [5, 5.41) is 3.96. The van der Waals surface area contributed by atoms with Crippen molar-refractivity contribution in [3.63, 3.8) is 0 Å². The largest absolute Gasteiger partial charge is 0.378 e. The number of aromatic nitrogens is 1. The van der Waals surface area contributed by atoms with Crippen LogP contribution in [0.3, 0.4) is 0 Å². The Morgan fingerprint density at radius 1 is 1.16 bits per heavy atom. The van der Waals surface area contributed by atoms with Crippen molar-refractivity contribution in [1.29, 1.82) is 0 Å². The lowest BCUT2D eigenvalue weighted by atomic mass is 10.1. The summed E-state index contributed by atoms with van der Waals surface area (Å²) in [4.78, 5) is 3.89. The van der Waals surface area contributed by atoms with E-state index < -0.39 is 5.82 Å². The summed E-state index contributed by atoms with van der Waals surface area (Å²) < 4.78 is 13.5. The molecule has 0 aliphatic heterocycles. The maximum atomic E-state index is 13.5. The van der Waals surface area contributed by atoms with E-state index in [0.29, 0.717) is 15.7 Å². The number of rotatable bonds is 3. The Kier molecular flexibility index (Phi) is 4.50. The molecule has 1 unspecified atom stereocenters. The lowest BCUT2D eigenvalue weighted by molar-refractivity contribution is 0.624. The van der Waals surface area contributed by atoms with E-state index in [4.69, 9.17) is 34.8 Å². The van der Waals surface area contributed by atoms with Crippen LogP contribution >= 0.6 is 34.8 Å². The molecule has 0 radical (unpaired) electrons. The first-order chi connectivity index (χ1) is 8.97. The van der Waals surface area contributed by atoms with Crippen molar-refractivity contribution >= 4 is 40.5 Å². The molecule has 0 amide bonds. The number of benzene rings is 1. The Balaban J connectivity index is 2.25. The first-order valence-corrected chi connectivity index (χ1v) is 6.63. The van der Waals surface area contributed by atoms with Crippen molar-refractivity contribution in [2.75, 3.05) is 5.32 Å². The zero-order valence-corrected chi connectivity index (χ0v) is 12.2. The minimum atomic E-state index is -0.498. The van der Waals surface area contributed by atoms with Crippen LogP contribution in [-0.4, -0.2) is 4.98 Å². The normalized spacial score (nSPS) is 12.3. The minimum absolute atomic E-state index is 0.00732. The predicted octanol–water partition coefficient (Wildman–Crippen LogP) is 5.35. The van der Waals surface area contributed by atoms with Crippen LogP contribution in [-0.2, 0) is 0 Å². The van der Waals surface area contributed by atoms with Gasteiger partial charge >= 0.3 is 0 Å². The van der Waals surface area contributed by atoms with Crippen molar-refractivity contribution in [2.24, 2.45) is 0 Å². The molecule has 1 aromatic carbocycles. The number of halogens is 4. The van der Waals surface area contributed by atoms with E-state index in [2.05, 4.69) is 10.3 Å². The standard InChI is InChI=1S/C13H10Cl3FN2/c1-7(19-8-2-3-18-13(16)4-8)9-5-12(17)11(15)6-10(9)14/h2-7H,1H3,(H,18,19). The van der Waals surface area contributed by atoms with E-state index in [9.17, 15) is 4.39 Å². The Labute approximate surface area is 125 Å². The summed E-state index contributed by atoms with van der Waals surface area (Å²) in [5.41, 5.74) is 1.40. The quantitative estimate of drug-likeness (QED) is 0.609. The molecule has 0 fully saturated rings. The van der Waals surface area contributed by atoms with E-state index in [1.807, 2.05) is 6.92 Å². The second-order valence-electron chi connectivity index (χ2n) is 4.02. The van der Waals surface area contributed by atoms with Gasteiger partial charge in [0.2, 0.25) is 0 Å². The third kappa shape index (κ3) is 3.50. The molecule has 0 saturated heterocycles. The Bertz CT molecular complexity index is 604. The third-order valence-corrected chi connectivity index (χ3v) is 3.44. The molecule has 1 heterocycles. The molecule has 2 rings (SSSR count). The van der Waals surface area contributed by atoms with Crippen molar-refractivity contribution in [3.05, 3.63) is 57.0 Å². The van der Waals surface area contributed by atoms with Crippen molar-refractivity contribution in [2.45, 2.75) is 13.0 Å². The second kappa shape index (κ2) is 5.95. The number of hydrogen-bond donors (Lipinski definition) is 1. The van der Waals surface area contributed by atoms with Crippen LogP contribution in [0.1, 0.15) is 18.5 Å². The summed E-state index contributed by atoms with van der Waals surface area (Å²) in [6.07, 6.45) is 1.58. The molecular formula is C13H10Cl3FN2. The summed E-state index contributed by atoms with van der Waals surface area (Å²) in [6, 6.07) is 5.97. The van der Waals surface area contributed by atoms with Gasteiger partial charge in [-0.2, -0.15) is 0 Å². The first kappa shape index (κ1) is 14.4. The smallest absolute Gasteiger partial charge is 0.142 e. The zero-order chi connectivity index (χ0) is 14.0. The molecule has 2 nitrogen and oxygen atoms in total. The highest BCUT2D eigenvalue weighted by Crippen LogP contribution is 2.30. The number of nitrogens with one attached hydrogen (secondary N) is 1. The minimum Gasteiger partial charge on any atom is -0.378 e. The lowest BCUT2D eigenvalue weighted by Crippen LogP contribution is -2.08. The van der Waals surface area contributed by atoms with Gasteiger partial charge in [0, 0.05) is 16.9 Å². The van der Waals surface area contributed by atoms with Crippen LogP contribution in [0, 0.1) is 5.82 Å². The van der Waals surface area contributed by atoms with E-state index in [1.54, 1.807) is 18.3 Å². The van der Waals surface area contributed by atoms with Crippen LogP contribution in [0.15, 0.2) is 30.5 Å². The molecule has 0 aliphatic rings. The molecule has 1 aromatic heterocycles. The van der Waals surface area contributed by atoms with Gasteiger partial charge in [-0.25, -0.2) is 9.37 Å². The molecule has 19 heavy (non-hydrogen) atoms. The van der Waals surface area contributed by atoms with E-state index >= 15 is 0 Å². The average molecular weight is 320 g/mol. The fourth-order valence-corrected chi connectivity index (χ4v) is 2.41. The molecule has 2 aromatic rings. The molecular weight excluding hydrogens is 310 g/mol. The van der Waals surface area contributed by atoms with Crippen molar-refractivity contribution in [3.8, 4) is 0 Å². The molecule has 0 spiro atoms. The highest BCUT2D eigenvalue weighted by atomic mass is 35.5. The van der Waals surface area contributed by atoms with E-state index in [1.165, 1.54) is 12.1 Å². The fourth-order valence-electron chi connectivity index (χ4n) is 1.69. The zero-order valence-electron chi connectivity index (χ0n) is 9.92. The van der Waals surface area contributed by atoms with Crippen LogP contribution in [0.4, 0.5) is 10.1 Å². The number of hydrogen-bond acceptors (Lipinski definition) is 2. The average Bonchev–Trinajstić information content (AvgIpc) is 2.33. The number of anilines is 1. The maximum absolute atomic E-state index is 13.5. The van der Waals surface area contributed by atoms with E-state index in [0.717, 1.165) is 5.69 Å². The number of pyridine rings is 1. The van der Waals surface area contributed by atoms with Gasteiger partial charge in [0.25, 0.3) is 0 Å². The van der Waals surface area contributed by atoms with Crippen molar-refractivity contribution in [1.82, 2.24) is 4.98 Å². The van der Waals surface area contributed by atoms with Crippen LogP contribution in [0.5, 0.6) is 0 Å². The Morgan fingerprint density at radius 2 is 1.89 bits per heavy atom. The maximum Gasteiger partial charge on any atom is 0.142 e. The highest BCUT2D eigenvalue weighted by Gasteiger charge is 2.13. The fraction of sp³-hybridized carbons (Fsp3) is 0.154. The molecule has 1 atom stereocenters.